The second kappa shape index (κ2) is 28.8. The number of hydrogen-bond donors (Lipinski definition) is 0. The van der Waals surface area contributed by atoms with Crippen molar-refractivity contribution in [3.05, 3.63) is 449 Å². The van der Waals surface area contributed by atoms with E-state index in [-0.39, 0.29) is 0 Å². The molecule has 532 valence electrons. The molecule has 0 bridgehead atoms. The van der Waals surface area contributed by atoms with Crippen LogP contribution in [0.1, 0.15) is 0 Å². The zero-order chi connectivity index (χ0) is 75.4. The Bertz CT molecular complexity index is 7290. The maximum atomic E-state index is 2.42. The third-order valence-electron chi connectivity index (χ3n) is 23.2. The molecule has 0 unspecified atom stereocenters. The maximum absolute atomic E-state index is 2.42. The summed E-state index contributed by atoms with van der Waals surface area (Å²) in [6.07, 6.45) is 0. The van der Waals surface area contributed by atoms with Crippen molar-refractivity contribution in [1.82, 2.24) is 9.13 Å². The lowest BCUT2D eigenvalue weighted by Crippen LogP contribution is -1.95. The summed E-state index contributed by atoms with van der Waals surface area (Å²) in [6, 6.07) is 164. The number of aromatic nitrogens is 2. The van der Waals surface area contributed by atoms with Gasteiger partial charge in [0.1, 0.15) is 0 Å². The number of fused-ring (bicyclic) bond motifs is 10. The van der Waals surface area contributed by atoms with Crippen LogP contribution in [0.4, 0.5) is 0 Å². The molecule has 0 saturated heterocycles. The van der Waals surface area contributed by atoms with Crippen LogP contribution in [0.25, 0.3) is 209 Å². The first-order valence-corrected chi connectivity index (χ1v) is 39.4. The van der Waals surface area contributed by atoms with E-state index in [4.69, 9.17) is 0 Å². The van der Waals surface area contributed by atoms with Crippen molar-refractivity contribution >= 4 is 86.7 Å². The molecule has 0 spiro atoms. The average Bonchev–Trinajstić information content (AvgIpc) is 0.886. The monoisotopic (exact) mass is 1450 g/mol. The normalized spacial score (nSPS) is 11.5. The van der Waals surface area contributed by atoms with Gasteiger partial charge < -0.3 is 9.13 Å². The van der Waals surface area contributed by atoms with Crippen molar-refractivity contribution in [2.75, 3.05) is 0 Å². The minimum absolute atomic E-state index is 1.14. The largest absolute Gasteiger partial charge is 0.309 e. The van der Waals surface area contributed by atoms with Crippen LogP contribution < -0.4 is 0 Å². The van der Waals surface area contributed by atoms with E-state index in [0.717, 1.165) is 11.4 Å². The number of rotatable bonds is 12. The van der Waals surface area contributed by atoms with Crippen molar-refractivity contribution in [3.8, 4) is 123 Å². The van der Waals surface area contributed by atoms with Gasteiger partial charge in [0.2, 0.25) is 0 Å². The molecule has 0 aliphatic carbocycles. The SMILES string of the molecule is c1ccc(-c2ccc(-c3c4ccccc4c(-c4ccc(-n5c6ccccc6c6cc(-c7cccc(-c8ccccc8)c7)ccc65)cc4)c4ccccc34)cc2)cc1.c1ccc(-c2cccc(-c3ccc4c(c3)c3ccccc3n4-c3ccc(-c4c5ccccc5c(-c5ccccc5-c5ccccc5)c5ccccc45)cc3)c2)cc1. The lowest BCUT2D eigenvalue weighted by atomic mass is 9.84. The lowest BCUT2D eigenvalue weighted by molar-refractivity contribution is 1.18. The van der Waals surface area contributed by atoms with E-state index in [1.807, 2.05) is 0 Å². The van der Waals surface area contributed by atoms with E-state index in [1.54, 1.807) is 0 Å². The van der Waals surface area contributed by atoms with Crippen molar-refractivity contribution < 1.29 is 0 Å². The summed E-state index contributed by atoms with van der Waals surface area (Å²) < 4.78 is 4.83. The van der Waals surface area contributed by atoms with Crippen LogP contribution in [0.5, 0.6) is 0 Å². The van der Waals surface area contributed by atoms with Gasteiger partial charge in [-0.1, -0.05) is 376 Å². The Morgan fingerprint density at radius 3 is 0.711 bits per heavy atom. The standard InChI is InChI=1S/2C56H37N/c1-3-14-38(15-4-1)40-26-28-41(29-27-40)55-48-21-7-9-23-50(48)56(51-24-10-8-22-49(51)55)42-30-33-46(34-31-42)57-53-25-12-11-20-47(53)52-37-45(32-35-54(52)57)44-19-13-18-43(36-44)39-16-5-2-6-17-39;1-3-16-38(17-4-1)41-20-15-21-42(36-41)43-32-35-54-52(37-43)46-23-13-14-29-53(46)57(54)44-33-30-40(31-34-44)55-48-25-9-11-27-50(48)56(51-28-12-10-26-49(51)55)47-24-8-7-22-45(47)39-18-5-2-6-19-39/h2*1-37H. The first-order valence-electron chi connectivity index (χ1n) is 39.4. The van der Waals surface area contributed by atoms with Gasteiger partial charge >= 0.3 is 0 Å². The summed E-state index contributed by atoms with van der Waals surface area (Å²) in [5, 5.41) is 15.1. The minimum atomic E-state index is 1.14. The molecule has 0 N–H and O–H groups in total. The second-order valence-corrected chi connectivity index (χ2v) is 29.7. The molecule has 2 heterocycles. The number of benzene rings is 20. The minimum Gasteiger partial charge on any atom is -0.309 e. The molecule has 0 fully saturated rings. The molecule has 0 radical (unpaired) electrons. The lowest BCUT2D eigenvalue weighted by Gasteiger charge is -2.20. The molecular weight excluding hydrogens is 1370 g/mol. The van der Waals surface area contributed by atoms with Gasteiger partial charge in [-0.25, -0.2) is 0 Å². The van der Waals surface area contributed by atoms with Crippen molar-refractivity contribution in [3.63, 3.8) is 0 Å². The zero-order valence-corrected chi connectivity index (χ0v) is 62.6. The highest BCUT2D eigenvalue weighted by atomic mass is 15.0. The van der Waals surface area contributed by atoms with Gasteiger partial charge in [-0.3, -0.25) is 0 Å². The Labute approximate surface area is 662 Å². The van der Waals surface area contributed by atoms with Crippen LogP contribution in [0.15, 0.2) is 449 Å². The predicted molar refractivity (Wildman–Crippen MR) is 486 cm³/mol. The molecule has 0 amide bonds. The second-order valence-electron chi connectivity index (χ2n) is 29.7. The van der Waals surface area contributed by atoms with Crippen LogP contribution in [0, 0.1) is 0 Å². The van der Waals surface area contributed by atoms with Gasteiger partial charge in [-0.15, -0.1) is 0 Å². The molecule has 2 nitrogen and oxygen atoms in total. The molecule has 0 saturated carbocycles. The maximum Gasteiger partial charge on any atom is 0.0541 e. The van der Waals surface area contributed by atoms with Crippen molar-refractivity contribution in [2.45, 2.75) is 0 Å². The van der Waals surface area contributed by atoms with Gasteiger partial charge in [0.25, 0.3) is 0 Å². The Morgan fingerprint density at radius 2 is 0.342 bits per heavy atom. The third kappa shape index (κ3) is 11.9. The fourth-order valence-corrected chi connectivity index (χ4v) is 17.9. The molecule has 114 heavy (non-hydrogen) atoms. The molecular formula is C112H74N2. The first kappa shape index (κ1) is 67.2. The van der Waals surface area contributed by atoms with Gasteiger partial charge in [0.05, 0.1) is 22.1 Å². The Kier molecular flexibility index (Phi) is 17.0. The molecule has 22 rings (SSSR count). The highest BCUT2D eigenvalue weighted by molar-refractivity contribution is 6.24. The molecule has 20 aromatic carbocycles. The van der Waals surface area contributed by atoms with Crippen LogP contribution in [0.2, 0.25) is 0 Å². The van der Waals surface area contributed by atoms with Gasteiger partial charge in [0, 0.05) is 32.9 Å². The summed E-state index contributed by atoms with van der Waals surface area (Å²) in [6.45, 7) is 0. The van der Waals surface area contributed by atoms with Crippen LogP contribution >= 0.6 is 0 Å². The Hall–Kier alpha value is -15.0. The first-order chi connectivity index (χ1) is 56.6. The van der Waals surface area contributed by atoms with Crippen molar-refractivity contribution in [1.29, 1.82) is 0 Å². The fraction of sp³-hybridized carbons (Fsp3) is 0. The number of nitrogens with zero attached hydrogens (tertiary/aromatic N) is 2. The van der Waals surface area contributed by atoms with Crippen molar-refractivity contribution in [2.24, 2.45) is 0 Å². The summed E-state index contributed by atoms with van der Waals surface area (Å²) in [5.74, 6) is 0. The summed E-state index contributed by atoms with van der Waals surface area (Å²) in [5.41, 5.74) is 31.7. The fourth-order valence-electron chi connectivity index (χ4n) is 17.9. The highest BCUT2D eigenvalue weighted by Gasteiger charge is 2.23. The van der Waals surface area contributed by atoms with E-state index in [0.29, 0.717) is 0 Å². The van der Waals surface area contributed by atoms with E-state index in [1.165, 1.54) is 198 Å². The zero-order valence-electron chi connectivity index (χ0n) is 62.6. The molecule has 2 aromatic heterocycles. The highest BCUT2D eigenvalue weighted by Crippen LogP contribution is 2.49. The Balaban J connectivity index is 0.000000143. The topological polar surface area (TPSA) is 9.86 Å². The quantitative estimate of drug-likeness (QED) is 0.108. The van der Waals surface area contributed by atoms with E-state index in [2.05, 4.69) is 458 Å². The van der Waals surface area contributed by atoms with E-state index in [9.17, 15) is 0 Å². The predicted octanol–water partition coefficient (Wildman–Crippen LogP) is 30.9. The van der Waals surface area contributed by atoms with Crippen LogP contribution in [-0.2, 0) is 0 Å². The molecule has 0 aliphatic heterocycles. The molecule has 0 atom stereocenters. The Morgan fingerprint density at radius 1 is 0.114 bits per heavy atom. The molecule has 22 aromatic rings. The average molecular weight is 1450 g/mol. The van der Waals surface area contributed by atoms with Crippen LogP contribution in [-0.4, -0.2) is 9.13 Å². The summed E-state index contributed by atoms with van der Waals surface area (Å²) >= 11 is 0. The number of hydrogen-bond acceptors (Lipinski definition) is 0. The summed E-state index contributed by atoms with van der Waals surface area (Å²) in [4.78, 5) is 0. The van der Waals surface area contributed by atoms with Crippen LogP contribution in [0.3, 0.4) is 0 Å². The van der Waals surface area contributed by atoms with E-state index >= 15 is 0 Å². The molecule has 0 aliphatic rings. The van der Waals surface area contributed by atoms with Gasteiger partial charge in [-0.2, -0.15) is 0 Å². The summed E-state index contributed by atoms with van der Waals surface area (Å²) in [7, 11) is 0. The molecule has 2 heteroatoms. The smallest absolute Gasteiger partial charge is 0.0541 e. The number of para-hydroxylation sites is 2. The van der Waals surface area contributed by atoms with Gasteiger partial charge in [0.15, 0.2) is 0 Å². The third-order valence-corrected chi connectivity index (χ3v) is 23.2. The van der Waals surface area contributed by atoms with E-state index < -0.39 is 0 Å². The van der Waals surface area contributed by atoms with Gasteiger partial charge in [-0.05, 0) is 227 Å².